The van der Waals surface area contributed by atoms with E-state index < -0.39 is 0 Å². The van der Waals surface area contributed by atoms with Crippen molar-refractivity contribution < 1.29 is 4.79 Å². The lowest BCUT2D eigenvalue weighted by Crippen LogP contribution is -1.97. The van der Waals surface area contributed by atoms with Gasteiger partial charge in [-0.05, 0) is 38.2 Å². The molecule has 0 aromatic carbocycles. The van der Waals surface area contributed by atoms with Crippen molar-refractivity contribution in [3.05, 3.63) is 24.3 Å². The standard InChI is InChI=1S/C10H14O/c1-9(11)7-8-10-5-3-2-4-6-10/h3,5,7-8,10H,2,4,6H2,1H3/b8-7+. The summed E-state index contributed by atoms with van der Waals surface area (Å²) in [7, 11) is 0. The van der Waals surface area contributed by atoms with Crippen LogP contribution in [0.15, 0.2) is 24.3 Å². The third-order valence-electron chi connectivity index (χ3n) is 1.87. The molecule has 1 heteroatoms. The van der Waals surface area contributed by atoms with E-state index in [0.29, 0.717) is 5.92 Å². The molecule has 0 radical (unpaired) electrons. The lowest BCUT2D eigenvalue weighted by molar-refractivity contribution is -0.112. The van der Waals surface area contributed by atoms with Gasteiger partial charge in [-0.15, -0.1) is 0 Å². The van der Waals surface area contributed by atoms with Crippen LogP contribution < -0.4 is 0 Å². The van der Waals surface area contributed by atoms with Gasteiger partial charge in [-0.1, -0.05) is 18.2 Å². The Morgan fingerprint density at radius 1 is 1.64 bits per heavy atom. The molecule has 0 fully saturated rings. The Hall–Kier alpha value is -0.850. The molecule has 0 aliphatic heterocycles. The molecule has 0 amide bonds. The van der Waals surface area contributed by atoms with Gasteiger partial charge in [-0.25, -0.2) is 0 Å². The highest BCUT2D eigenvalue weighted by Gasteiger charge is 2.03. The lowest BCUT2D eigenvalue weighted by atomic mass is 9.95. The minimum Gasteiger partial charge on any atom is -0.295 e. The topological polar surface area (TPSA) is 17.1 Å². The van der Waals surface area contributed by atoms with Crippen molar-refractivity contribution >= 4 is 5.78 Å². The predicted octanol–water partition coefficient (Wildman–Crippen LogP) is 2.49. The Kier molecular flexibility index (Phi) is 3.09. The molecule has 1 atom stereocenters. The van der Waals surface area contributed by atoms with Gasteiger partial charge in [-0.2, -0.15) is 0 Å². The second-order valence-corrected chi connectivity index (χ2v) is 2.99. The zero-order valence-electron chi connectivity index (χ0n) is 6.92. The summed E-state index contributed by atoms with van der Waals surface area (Å²) < 4.78 is 0. The summed E-state index contributed by atoms with van der Waals surface area (Å²) in [5.74, 6) is 0.650. The maximum Gasteiger partial charge on any atom is 0.152 e. The van der Waals surface area contributed by atoms with E-state index in [0.717, 1.165) is 0 Å². The van der Waals surface area contributed by atoms with E-state index in [1.54, 1.807) is 13.0 Å². The molecular formula is C10H14O. The Bertz CT molecular complexity index is 189. The molecule has 1 nitrogen and oxygen atoms in total. The highest BCUT2D eigenvalue weighted by molar-refractivity contribution is 5.87. The summed E-state index contributed by atoms with van der Waals surface area (Å²) in [6.07, 6.45) is 11.7. The van der Waals surface area contributed by atoms with E-state index in [-0.39, 0.29) is 5.78 Å². The molecule has 0 heterocycles. The third kappa shape index (κ3) is 3.17. The SMILES string of the molecule is CC(=O)/C=C/C1C=CCCC1. The lowest BCUT2D eigenvalue weighted by Gasteiger charge is -2.10. The van der Waals surface area contributed by atoms with Crippen molar-refractivity contribution in [2.24, 2.45) is 5.92 Å². The van der Waals surface area contributed by atoms with E-state index in [1.165, 1.54) is 19.3 Å². The van der Waals surface area contributed by atoms with Crippen molar-refractivity contribution in [3.8, 4) is 0 Å². The molecule has 11 heavy (non-hydrogen) atoms. The molecular weight excluding hydrogens is 136 g/mol. The normalized spacial score (nSPS) is 24.3. The molecule has 0 saturated carbocycles. The zero-order valence-corrected chi connectivity index (χ0v) is 6.92. The first-order valence-corrected chi connectivity index (χ1v) is 4.14. The molecule has 1 aliphatic rings. The van der Waals surface area contributed by atoms with Gasteiger partial charge in [-0.3, -0.25) is 4.79 Å². The van der Waals surface area contributed by atoms with E-state index in [9.17, 15) is 4.79 Å². The Labute approximate surface area is 67.8 Å². The summed E-state index contributed by atoms with van der Waals surface area (Å²) in [5.41, 5.74) is 0. The van der Waals surface area contributed by atoms with Gasteiger partial charge in [0, 0.05) is 0 Å². The first kappa shape index (κ1) is 8.25. The number of hydrogen-bond donors (Lipinski definition) is 0. The van der Waals surface area contributed by atoms with Crippen molar-refractivity contribution in [1.82, 2.24) is 0 Å². The first-order valence-electron chi connectivity index (χ1n) is 4.14. The smallest absolute Gasteiger partial charge is 0.152 e. The van der Waals surface area contributed by atoms with Gasteiger partial charge in [0.25, 0.3) is 0 Å². The highest BCUT2D eigenvalue weighted by atomic mass is 16.1. The van der Waals surface area contributed by atoms with Crippen molar-refractivity contribution in [2.45, 2.75) is 26.2 Å². The van der Waals surface area contributed by atoms with Crippen LogP contribution in [0, 0.1) is 5.92 Å². The molecule has 0 saturated heterocycles. The molecule has 60 valence electrons. The molecule has 1 rings (SSSR count). The van der Waals surface area contributed by atoms with Crippen LogP contribution in [0.2, 0.25) is 0 Å². The van der Waals surface area contributed by atoms with Crippen LogP contribution in [0.3, 0.4) is 0 Å². The molecule has 0 aromatic heterocycles. The summed E-state index contributed by atoms with van der Waals surface area (Å²) in [5, 5.41) is 0. The minimum absolute atomic E-state index is 0.143. The predicted molar refractivity (Wildman–Crippen MR) is 46.3 cm³/mol. The maximum atomic E-state index is 10.6. The fourth-order valence-electron chi connectivity index (χ4n) is 1.26. The summed E-state index contributed by atoms with van der Waals surface area (Å²) in [4.78, 5) is 10.6. The van der Waals surface area contributed by atoms with Gasteiger partial charge >= 0.3 is 0 Å². The van der Waals surface area contributed by atoms with Gasteiger partial charge < -0.3 is 0 Å². The highest BCUT2D eigenvalue weighted by Crippen LogP contribution is 2.17. The Balaban J connectivity index is 2.41. The van der Waals surface area contributed by atoms with Gasteiger partial charge in [0.1, 0.15) is 0 Å². The van der Waals surface area contributed by atoms with Crippen molar-refractivity contribution in [3.63, 3.8) is 0 Å². The monoisotopic (exact) mass is 150 g/mol. The van der Waals surface area contributed by atoms with Gasteiger partial charge in [0.05, 0.1) is 0 Å². The fraction of sp³-hybridized carbons (Fsp3) is 0.500. The molecule has 0 aromatic rings. The number of hydrogen-bond acceptors (Lipinski definition) is 1. The van der Waals surface area contributed by atoms with Crippen LogP contribution in [0.5, 0.6) is 0 Å². The maximum absolute atomic E-state index is 10.6. The number of carbonyl (C=O) groups is 1. The number of carbonyl (C=O) groups excluding carboxylic acids is 1. The van der Waals surface area contributed by atoms with E-state index in [2.05, 4.69) is 12.2 Å². The van der Waals surface area contributed by atoms with E-state index in [1.807, 2.05) is 6.08 Å². The summed E-state index contributed by atoms with van der Waals surface area (Å²) >= 11 is 0. The first-order chi connectivity index (χ1) is 5.29. The summed E-state index contributed by atoms with van der Waals surface area (Å²) in [6, 6.07) is 0. The van der Waals surface area contributed by atoms with Crippen LogP contribution >= 0.6 is 0 Å². The van der Waals surface area contributed by atoms with Crippen LogP contribution in [-0.4, -0.2) is 5.78 Å². The quantitative estimate of drug-likeness (QED) is 0.436. The van der Waals surface area contributed by atoms with Crippen molar-refractivity contribution in [2.75, 3.05) is 0 Å². The number of ketones is 1. The van der Waals surface area contributed by atoms with Crippen LogP contribution in [0.1, 0.15) is 26.2 Å². The number of allylic oxidation sites excluding steroid dienone is 4. The van der Waals surface area contributed by atoms with Gasteiger partial charge in [0.2, 0.25) is 0 Å². The van der Waals surface area contributed by atoms with Crippen LogP contribution in [-0.2, 0) is 4.79 Å². The van der Waals surface area contributed by atoms with E-state index in [4.69, 9.17) is 0 Å². The van der Waals surface area contributed by atoms with Crippen molar-refractivity contribution in [1.29, 1.82) is 0 Å². The minimum atomic E-state index is 0.143. The van der Waals surface area contributed by atoms with Crippen LogP contribution in [0.4, 0.5) is 0 Å². The molecule has 1 unspecified atom stereocenters. The Morgan fingerprint density at radius 2 is 2.45 bits per heavy atom. The third-order valence-corrected chi connectivity index (χ3v) is 1.87. The largest absolute Gasteiger partial charge is 0.295 e. The molecule has 0 bridgehead atoms. The average Bonchev–Trinajstić information content (AvgIpc) is 2.03. The molecule has 1 aliphatic carbocycles. The van der Waals surface area contributed by atoms with Gasteiger partial charge in [0.15, 0.2) is 5.78 Å². The number of rotatable bonds is 2. The Morgan fingerprint density at radius 3 is 3.00 bits per heavy atom. The molecule has 0 spiro atoms. The summed E-state index contributed by atoms with van der Waals surface area (Å²) in [6.45, 7) is 1.59. The van der Waals surface area contributed by atoms with Crippen LogP contribution in [0.25, 0.3) is 0 Å². The van der Waals surface area contributed by atoms with E-state index >= 15 is 0 Å². The second-order valence-electron chi connectivity index (χ2n) is 2.99. The molecule has 0 N–H and O–H groups in total. The second kappa shape index (κ2) is 4.12. The fourth-order valence-corrected chi connectivity index (χ4v) is 1.26. The average molecular weight is 150 g/mol. The zero-order chi connectivity index (χ0) is 8.10.